The standard InChI is InChI=1S/C16H14ClFO3/c1-2-20-16(19)12-8-9-13(17)14(18)15(12)21-10-11-6-4-3-5-7-11/h3-9H,2,10H2,1H3. The van der Waals surface area contributed by atoms with Crippen molar-refractivity contribution < 1.29 is 18.7 Å². The maximum absolute atomic E-state index is 14.1. The second-order valence-corrected chi connectivity index (χ2v) is 4.64. The summed E-state index contributed by atoms with van der Waals surface area (Å²) in [5.41, 5.74) is 0.876. The van der Waals surface area contributed by atoms with Gasteiger partial charge in [0.25, 0.3) is 0 Å². The van der Waals surface area contributed by atoms with Crippen LogP contribution in [0.25, 0.3) is 0 Å². The molecule has 3 nitrogen and oxygen atoms in total. The number of ether oxygens (including phenoxy) is 2. The van der Waals surface area contributed by atoms with Gasteiger partial charge in [-0.05, 0) is 24.6 Å². The van der Waals surface area contributed by atoms with E-state index in [1.807, 2.05) is 30.3 Å². The van der Waals surface area contributed by atoms with Gasteiger partial charge in [0.1, 0.15) is 12.2 Å². The van der Waals surface area contributed by atoms with Crippen molar-refractivity contribution in [1.82, 2.24) is 0 Å². The topological polar surface area (TPSA) is 35.5 Å². The first-order valence-corrected chi connectivity index (χ1v) is 6.83. The van der Waals surface area contributed by atoms with Gasteiger partial charge in [0.2, 0.25) is 0 Å². The van der Waals surface area contributed by atoms with Crippen molar-refractivity contribution in [2.75, 3.05) is 6.61 Å². The zero-order chi connectivity index (χ0) is 15.2. The molecule has 0 aliphatic heterocycles. The first-order valence-electron chi connectivity index (χ1n) is 6.45. The van der Waals surface area contributed by atoms with E-state index in [2.05, 4.69) is 0 Å². The minimum atomic E-state index is -0.766. The normalized spacial score (nSPS) is 10.2. The van der Waals surface area contributed by atoms with Crippen molar-refractivity contribution in [3.63, 3.8) is 0 Å². The number of hydrogen-bond donors (Lipinski definition) is 0. The molecule has 0 saturated carbocycles. The van der Waals surface area contributed by atoms with Crippen LogP contribution in [0.4, 0.5) is 4.39 Å². The molecule has 0 N–H and O–H groups in total. The molecule has 0 aliphatic rings. The predicted octanol–water partition coefficient (Wildman–Crippen LogP) is 4.23. The Kier molecular flexibility index (Phi) is 5.17. The van der Waals surface area contributed by atoms with E-state index in [9.17, 15) is 9.18 Å². The highest BCUT2D eigenvalue weighted by Gasteiger charge is 2.20. The number of hydrogen-bond acceptors (Lipinski definition) is 3. The summed E-state index contributed by atoms with van der Waals surface area (Å²) in [7, 11) is 0. The molecule has 5 heteroatoms. The molecule has 2 aromatic carbocycles. The third-order valence-corrected chi connectivity index (χ3v) is 3.06. The van der Waals surface area contributed by atoms with Crippen LogP contribution in [0.3, 0.4) is 0 Å². The minimum absolute atomic E-state index is 0.0229. The Balaban J connectivity index is 2.27. The van der Waals surface area contributed by atoms with Crippen LogP contribution >= 0.6 is 11.6 Å². The van der Waals surface area contributed by atoms with Gasteiger partial charge in [0, 0.05) is 0 Å². The summed E-state index contributed by atoms with van der Waals surface area (Å²) in [5, 5.41) is -0.105. The zero-order valence-corrected chi connectivity index (χ0v) is 12.2. The van der Waals surface area contributed by atoms with E-state index in [1.54, 1.807) is 6.92 Å². The van der Waals surface area contributed by atoms with Crippen LogP contribution in [-0.2, 0) is 11.3 Å². The van der Waals surface area contributed by atoms with E-state index < -0.39 is 11.8 Å². The lowest BCUT2D eigenvalue weighted by molar-refractivity contribution is 0.0520. The Morgan fingerprint density at radius 1 is 1.19 bits per heavy atom. The average Bonchev–Trinajstić information content (AvgIpc) is 2.50. The van der Waals surface area contributed by atoms with Crippen molar-refractivity contribution in [3.05, 3.63) is 64.4 Å². The molecule has 0 aliphatic carbocycles. The quantitative estimate of drug-likeness (QED) is 0.775. The lowest BCUT2D eigenvalue weighted by Gasteiger charge is -2.12. The van der Waals surface area contributed by atoms with Crippen LogP contribution in [0.2, 0.25) is 5.02 Å². The summed E-state index contributed by atoms with van der Waals surface area (Å²) in [5.74, 6) is -1.60. The number of rotatable bonds is 5. The summed E-state index contributed by atoms with van der Waals surface area (Å²) in [6.45, 7) is 2.00. The van der Waals surface area contributed by atoms with E-state index in [0.29, 0.717) is 0 Å². The van der Waals surface area contributed by atoms with Gasteiger partial charge >= 0.3 is 5.97 Å². The van der Waals surface area contributed by atoms with Crippen molar-refractivity contribution in [3.8, 4) is 5.75 Å². The maximum Gasteiger partial charge on any atom is 0.342 e. The zero-order valence-electron chi connectivity index (χ0n) is 11.4. The van der Waals surface area contributed by atoms with Crippen LogP contribution < -0.4 is 4.74 Å². The summed E-state index contributed by atoms with van der Waals surface area (Å²) in [6, 6.07) is 11.9. The summed E-state index contributed by atoms with van der Waals surface area (Å²) in [4.78, 5) is 11.8. The summed E-state index contributed by atoms with van der Waals surface area (Å²) < 4.78 is 24.4. The summed E-state index contributed by atoms with van der Waals surface area (Å²) in [6.07, 6.45) is 0. The molecule has 0 radical (unpaired) electrons. The van der Waals surface area contributed by atoms with Gasteiger partial charge in [-0.3, -0.25) is 0 Å². The average molecular weight is 309 g/mol. The Bertz CT molecular complexity index is 629. The van der Waals surface area contributed by atoms with E-state index in [-0.39, 0.29) is 29.5 Å². The molecular weight excluding hydrogens is 295 g/mol. The Morgan fingerprint density at radius 3 is 2.57 bits per heavy atom. The molecule has 0 saturated heterocycles. The fourth-order valence-electron chi connectivity index (χ4n) is 1.77. The fraction of sp³-hybridized carbons (Fsp3) is 0.188. The number of carbonyl (C=O) groups excluding carboxylic acids is 1. The third kappa shape index (κ3) is 3.73. The minimum Gasteiger partial charge on any atom is -0.485 e. The van der Waals surface area contributed by atoms with Crippen molar-refractivity contribution >= 4 is 17.6 Å². The van der Waals surface area contributed by atoms with E-state index in [4.69, 9.17) is 21.1 Å². The van der Waals surface area contributed by atoms with Crippen LogP contribution in [0.15, 0.2) is 42.5 Å². The van der Waals surface area contributed by atoms with E-state index >= 15 is 0 Å². The highest BCUT2D eigenvalue weighted by Crippen LogP contribution is 2.30. The molecule has 0 aromatic heterocycles. The van der Waals surface area contributed by atoms with E-state index in [1.165, 1.54) is 12.1 Å². The molecule has 2 aromatic rings. The van der Waals surface area contributed by atoms with Crippen LogP contribution in [0.5, 0.6) is 5.75 Å². The highest BCUT2D eigenvalue weighted by molar-refractivity contribution is 6.31. The third-order valence-electron chi connectivity index (χ3n) is 2.77. The van der Waals surface area contributed by atoms with Crippen LogP contribution in [-0.4, -0.2) is 12.6 Å². The molecule has 0 atom stereocenters. The van der Waals surface area contributed by atoms with Crippen LogP contribution in [0, 0.1) is 5.82 Å². The Labute approximate surface area is 127 Å². The van der Waals surface area contributed by atoms with Crippen molar-refractivity contribution in [1.29, 1.82) is 0 Å². The van der Waals surface area contributed by atoms with Gasteiger partial charge < -0.3 is 9.47 Å². The lowest BCUT2D eigenvalue weighted by Crippen LogP contribution is -2.09. The Morgan fingerprint density at radius 2 is 1.90 bits per heavy atom. The number of esters is 1. The molecule has 0 bridgehead atoms. The molecule has 0 fully saturated rings. The van der Waals surface area contributed by atoms with Gasteiger partial charge in [-0.15, -0.1) is 0 Å². The van der Waals surface area contributed by atoms with Gasteiger partial charge in [0.05, 0.1) is 11.6 Å². The van der Waals surface area contributed by atoms with Gasteiger partial charge in [0.15, 0.2) is 11.6 Å². The number of halogens is 2. The number of benzene rings is 2. The second kappa shape index (κ2) is 7.09. The molecule has 0 spiro atoms. The summed E-state index contributed by atoms with van der Waals surface area (Å²) >= 11 is 5.74. The fourth-order valence-corrected chi connectivity index (χ4v) is 1.92. The van der Waals surface area contributed by atoms with Gasteiger partial charge in [-0.1, -0.05) is 41.9 Å². The SMILES string of the molecule is CCOC(=O)c1ccc(Cl)c(F)c1OCc1ccccc1. The van der Waals surface area contributed by atoms with Crippen molar-refractivity contribution in [2.45, 2.75) is 13.5 Å². The molecule has 110 valence electrons. The van der Waals surface area contributed by atoms with Gasteiger partial charge in [-0.2, -0.15) is 0 Å². The molecule has 0 heterocycles. The van der Waals surface area contributed by atoms with E-state index in [0.717, 1.165) is 5.56 Å². The smallest absolute Gasteiger partial charge is 0.342 e. The maximum atomic E-state index is 14.1. The van der Waals surface area contributed by atoms with Gasteiger partial charge in [-0.25, -0.2) is 9.18 Å². The highest BCUT2D eigenvalue weighted by atomic mass is 35.5. The molecule has 0 amide bonds. The molecule has 21 heavy (non-hydrogen) atoms. The Hall–Kier alpha value is -2.07. The largest absolute Gasteiger partial charge is 0.485 e. The van der Waals surface area contributed by atoms with Crippen molar-refractivity contribution in [2.24, 2.45) is 0 Å². The molecular formula is C16H14ClFO3. The first kappa shape index (κ1) is 15.3. The first-order chi connectivity index (χ1) is 10.1. The second-order valence-electron chi connectivity index (χ2n) is 4.23. The lowest BCUT2D eigenvalue weighted by atomic mass is 10.2. The molecule has 2 rings (SSSR count). The monoisotopic (exact) mass is 308 g/mol. The van der Waals surface area contributed by atoms with Crippen LogP contribution in [0.1, 0.15) is 22.8 Å². The predicted molar refractivity (Wildman–Crippen MR) is 78.1 cm³/mol. The number of carbonyl (C=O) groups is 1. The molecule has 0 unspecified atom stereocenters.